The fourth-order valence-corrected chi connectivity index (χ4v) is 3.01. The molecule has 6 nitrogen and oxygen atoms in total. The molecule has 1 aromatic carbocycles. The van der Waals surface area contributed by atoms with Gasteiger partial charge in [0, 0.05) is 32.0 Å². The number of hydrogen-bond donors (Lipinski definition) is 0. The third-order valence-corrected chi connectivity index (χ3v) is 4.53. The first-order chi connectivity index (χ1) is 11.7. The number of rotatable bonds is 4. The summed E-state index contributed by atoms with van der Waals surface area (Å²) in [7, 11) is 0. The maximum atomic E-state index is 12.9. The van der Waals surface area contributed by atoms with E-state index < -0.39 is 0 Å². The van der Waals surface area contributed by atoms with Crippen molar-refractivity contribution in [2.45, 2.75) is 31.7 Å². The Morgan fingerprint density at radius 1 is 1.17 bits per heavy atom. The Hall–Kier alpha value is -2.44. The van der Waals surface area contributed by atoms with Gasteiger partial charge in [-0.1, -0.05) is 0 Å². The summed E-state index contributed by atoms with van der Waals surface area (Å²) in [6.45, 7) is 1.95. The molecule has 1 fully saturated rings. The van der Waals surface area contributed by atoms with E-state index in [0.717, 1.165) is 18.2 Å². The summed E-state index contributed by atoms with van der Waals surface area (Å²) in [4.78, 5) is 14.2. The predicted octanol–water partition coefficient (Wildman–Crippen LogP) is 1.76. The van der Waals surface area contributed by atoms with Crippen molar-refractivity contribution in [1.82, 2.24) is 19.7 Å². The van der Waals surface area contributed by atoms with Crippen LogP contribution in [0.15, 0.2) is 24.3 Å². The first kappa shape index (κ1) is 15.1. The van der Waals surface area contributed by atoms with Crippen LogP contribution in [-0.4, -0.2) is 45.3 Å². The minimum atomic E-state index is -0.323. The number of fused-ring (bicyclic) bond motifs is 1. The molecular weight excluding hydrogens is 311 g/mol. The molecule has 0 atom stereocenters. The van der Waals surface area contributed by atoms with Crippen LogP contribution >= 0.6 is 0 Å². The van der Waals surface area contributed by atoms with Gasteiger partial charge < -0.3 is 14.2 Å². The van der Waals surface area contributed by atoms with Crippen LogP contribution < -0.4 is 4.74 Å². The Kier molecular flexibility index (Phi) is 3.92. The Bertz CT molecular complexity index is 740. The van der Waals surface area contributed by atoms with Gasteiger partial charge in [-0.05, 0) is 37.1 Å². The molecule has 1 aliphatic carbocycles. The Morgan fingerprint density at radius 3 is 2.71 bits per heavy atom. The molecule has 1 aromatic heterocycles. The largest absolute Gasteiger partial charge is 0.484 e. The van der Waals surface area contributed by atoms with E-state index in [2.05, 4.69) is 14.8 Å². The number of nitrogens with zero attached hydrogens (tertiary/aromatic N) is 4. The van der Waals surface area contributed by atoms with E-state index in [1.54, 1.807) is 4.90 Å². The number of ether oxygens (including phenoxy) is 1. The number of carbonyl (C=O) groups is 1. The molecule has 7 heteroatoms. The van der Waals surface area contributed by atoms with Crippen molar-refractivity contribution in [2.24, 2.45) is 0 Å². The van der Waals surface area contributed by atoms with Crippen LogP contribution in [0.5, 0.6) is 5.75 Å². The van der Waals surface area contributed by atoms with Crippen LogP contribution in [0.3, 0.4) is 0 Å². The number of halogens is 1. The molecular formula is C17H19FN4O2. The van der Waals surface area contributed by atoms with Gasteiger partial charge >= 0.3 is 0 Å². The van der Waals surface area contributed by atoms with E-state index in [-0.39, 0.29) is 18.3 Å². The highest BCUT2D eigenvalue weighted by molar-refractivity contribution is 5.77. The van der Waals surface area contributed by atoms with E-state index in [0.29, 0.717) is 31.2 Å². The summed E-state index contributed by atoms with van der Waals surface area (Å²) >= 11 is 0. The Labute approximate surface area is 139 Å². The second-order valence-electron chi connectivity index (χ2n) is 6.27. The van der Waals surface area contributed by atoms with E-state index >= 15 is 0 Å². The zero-order valence-corrected chi connectivity index (χ0v) is 13.3. The lowest BCUT2D eigenvalue weighted by molar-refractivity contribution is -0.133. The van der Waals surface area contributed by atoms with Gasteiger partial charge in [-0.25, -0.2) is 4.39 Å². The van der Waals surface area contributed by atoms with Gasteiger partial charge in [0.2, 0.25) is 0 Å². The highest BCUT2D eigenvalue weighted by atomic mass is 19.1. The number of hydrogen-bond acceptors (Lipinski definition) is 4. The fourth-order valence-electron chi connectivity index (χ4n) is 3.01. The standard InChI is InChI=1S/C17H19FN4O2/c18-13-3-5-14(6-4-13)24-11-16(23)21-8-7-15-19-20-17(12-1-2-12)22(15)10-9-21/h3-6,12H,1-2,7-11H2. The zero-order chi connectivity index (χ0) is 16.5. The Balaban J connectivity index is 1.35. The Morgan fingerprint density at radius 2 is 1.96 bits per heavy atom. The van der Waals surface area contributed by atoms with Crippen LogP contribution in [0.4, 0.5) is 4.39 Å². The highest BCUT2D eigenvalue weighted by Gasteiger charge is 2.31. The molecule has 0 N–H and O–H groups in total. The molecule has 4 rings (SSSR count). The normalized spacial score (nSPS) is 17.3. The second-order valence-corrected chi connectivity index (χ2v) is 6.27. The van der Waals surface area contributed by atoms with Gasteiger partial charge in [0.25, 0.3) is 5.91 Å². The number of benzene rings is 1. The van der Waals surface area contributed by atoms with Gasteiger partial charge in [-0.3, -0.25) is 4.79 Å². The van der Waals surface area contributed by atoms with Crippen LogP contribution in [0.25, 0.3) is 0 Å². The van der Waals surface area contributed by atoms with E-state index in [1.165, 1.54) is 37.1 Å². The maximum absolute atomic E-state index is 12.9. The molecule has 2 aliphatic rings. The molecule has 0 spiro atoms. The van der Waals surface area contributed by atoms with Gasteiger partial charge in [0.1, 0.15) is 23.2 Å². The third-order valence-electron chi connectivity index (χ3n) is 4.53. The predicted molar refractivity (Wildman–Crippen MR) is 84.2 cm³/mol. The first-order valence-electron chi connectivity index (χ1n) is 8.29. The molecule has 2 heterocycles. The van der Waals surface area contributed by atoms with E-state index in [1.807, 2.05) is 0 Å². The molecule has 24 heavy (non-hydrogen) atoms. The topological polar surface area (TPSA) is 60.2 Å². The van der Waals surface area contributed by atoms with Crippen molar-refractivity contribution < 1.29 is 13.9 Å². The molecule has 2 aromatic rings. The van der Waals surface area contributed by atoms with Crippen molar-refractivity contribution in [3.63, 3.8) is 0 Å². The van der Waals surface area contributed by atoms with Crippen LogP contribution in [0, 0.1) is 5.82 Å². The van der Waals surface area contributed by atoms with Crippen LogP contribution in [0.1, 0.15) is 30.4 Å². The lowest BCUT2D eigenvalue weighted by Crippen LogP contribution is -2.37. The molecule has 0 radical (unpaired) electrons. The van der Waals surface area contributed by atoms with Crippen LogP contribution in [-0.2, 0) is 17.8 Å². The van der Waals surface area contributed by atoms with Crippen molar-refractivity contribution in [2.75, 3.05) is 19.7 Å². The number of amides is 1. The quantitative estimate of drug-likeness (QED) is 0.857. The number of carbonyl (C=O) groups excluding carboxylic acids is 1. The molecule has 1 saturated carbocycles. The summed E-state index contributed by atoms with van der Waals surface area (Å²) in [5.41, 5.74) is 0. The third kappa shape index (κ3) is 3.11. The van der Waals surface area contributed by atoms with Crippen molar-refractivity contribution in [3.8, 4) is 5.75 Å². The average molecular weight is 330 g/mol. The first-order valence-corrected chi connectivity index (χ1v) is 8.29. The minimum Gasteiger partial charge on any atom is -0.484 e. The summed E-state index contributed by atoms with van der Waals surface area (Å²) in [6, 6.07) is 5.68. The molecule has 1 aliphatic heterocycles. The summed E-state index contributed by atoms with van der Waals surface area (Å²) in [5, 5.41) is 8.59. The van der Waals surface area contributed by atoms with E-state index in [9.17, 15) is 9.18 Å². The monoisotopic (exact) mass is 330 g/mol. The summed E-state index contributed by atoms with van der Waals surface area (Å²) in [6.07, 6.45) is 3.08. The lowest BCUT2D eigenvalue weighted by atomic mass is 10.3. The maximum Gasteiger partial charge on any atom is 0.260 e. The van der Waals surface area contributed by atoms with Gasteiger partial charge in [0.15, 0.2) is 6.61 Å². The summed E-state index contributed by atoms with van der Waals surface area (Å²) in [5.74, 6) is 2.69. The second kappa shape index (κ2) is 6.22. The number of aromatic nitrogens is 3. The zero-order valence-electron chi connectivity index (χ0n) is 13.3. The van der Waals surface area contributed by atoms with Crippen molar-refractivity contribution >= 4 is 5.91 Å². The molecule has 126 valence electrons. The average Bonchev–Trinajstić information content (AvgIpc) is 3.39. The molecule has 0 unspecified atom stereocenters. The van der Waals surface area contributed by atoms with Gasteiger partial charge in [-0.15, -0.1) is 10.2 Å². The lowest BCUT2D eigenvalue weighted by Gasteiger charge is -2.20. The minimum absolute atomic E-state index is 0.0400. The van der Waals surface area contributed by atoms with Gasteiger partial charge in [0.05, 0.1) is 0 Å². The highest BCUT2D eigenvalue weighted by Crippen LogP contribution is 2.39. The smallest absolute Gasteiger partial charge is 0.260 e. The molecule has 0 bridgehead atoms. The van der Waals surface area contributed by atoms with Crippen molar-refractivity contribution in [1.29, 1.82) is 0 Å². The summed E-state index contributed by atoms with van der Waals surface area (Å²) < 4.78 is 20.5. The fraction of sp³-hybridized carbons (Fsp3) is 0.471. The molecule has 1 amide bonds. The molecule has 0 saturated heterocycles. The van der Waals surface area contributed by atoms with E-state index in [4.69, 9.17) is 4.74 Å². The van der Waals surface area contributed by atoms with Gasteiger partial charge in [-0.2, -0.15) is 0 Å². The SMILES string of the molecule is O=C(COc1ccc(F)cc1)N1CCc2nnc(C3CC3)n2CC1. The van der Waals surface area contributed by atoms with Crippen LogP contribution in [0.2, 0.25) is 0 Å². The van der Waals surface area contributed by atoms with Crippen molar-refractivity contribution in [3.05, 3.63) is 41.7 Å².